The fourth-order valence-electron chi connectivity index (χ4n) is 4.84. The first-order valence-electron chi connectivity index (χ1n) is 10.6. The summed E-state index contributed by atoms with van der Waals surface area (Å²) in [5.41, 5.74) is 2.64. The van der Waals surface area contributed by atoms with Gasteiger partial charge in [-0.05, 0) is 43.2 Å². The number of carbonyl (C=O) groups is 1. The van der Waals surface area contributed by atoms with E-state index in [4.69, 9.17) is 9.47 Å². The van der Waals surface area contributed by atoms with Gasteiger partial charge in [0.05, 0.1) is 12.7 Å². The molecule has 5 nitrogen and oxygen atoms in total. The number of ether oxygens (including phenoxy) is 2. The van der Waals surface area contributed by atoms with Crippen LogP contribution in [0.2, 0.25) is 0 Å². The molecule has 1 saturated heterocycles. The zero-order valence-corrected chi connectivity index (χ0v) is 16.8. The topological polar surface area (TPSA) is 50.8 Å². The van der Waals surface area contributed by atoms with Crippen molar-refractivity contribution in [2.24, 2.45) is 5.92 Å². The van der Waals surface area contributed by atoms with Crippen molar-refractivity contribution in [2.75, 3.05) is 33.4 Å². The molecule has 2 heterocycles. The zero-order valence-electron chi connectivity index (χ0n) is 16.8. The summed E-state index contributed by atoms with van der Waals surface area (Å²) in [6.45, 7) is 3.02. The molecule has 152 valence electrons. The van der Waals surface area contributed by atoms with Gasteiger partial charge in [-0.3, -0.25) is 4.79 Å². The number of carbonyl (C=O) groups excluding carboxylic acids is 1. The molecule has 4 atom stereocenters. The highest BCUT2D eigenvalue weighted by molar-refractivity contribution is 5.81. The smallest absolute Gasteiger partial charge is 0.226 e. The van der Waals surface area contributed by atoms with Crippen molar-refractivity contribution in [1.82, 2.24) is 10.2 Å². The largest absolute Gasteiger partial charge is 0.379 e. The molecule has 3 unspecified atom stereocenters. The lowest BCUT2D eigenvalue weighted by molar-refractivity contribution is -0.135. The summed E-state index contributed by atoms with van der Waals surface area (Å²) in [5.74, 6) is 0.493. The van der Waals surface area contributed by atoms with Crippen LogP contribution in [0.25, 0.3) is 5.57 Å². The van der Waals surface area contributed by atoms with E-state index >= 15 is 0 Å². The van der Waals surface area contributed by atoms with Crippen molar-refractivity contribution >= 4 is 11.5 Å². The number of benzene rings is 1. The van der Waals surface area contributed by atoms with Crippen molar-refractivity contribution in [1.29, 1.82) is 0 Å². The summed E-state index contributed by atoms with van der Waals surface area (Å²) >= 11 is 0. The molecule has 0 bridgehead atoms. The molecule has 1 amide bonds. The summed E-state index contributed by atoms with van der Waals surface area (Å²) < 4.78 is 11.1. The Kier molecular flexibility index (Phi) is 6.45. The van der Waals surface area contributed by atoms with Gasteiger partial charge in [0.2, 0.25) is 5.91 Å². The second kappa shape index (κ2) is 9.21. The minimum Gasteiger partial charge on any atom is -0.379 e. The van der Waals surface area contributed by atoms with Crippen LogP contribution in [0.15, 0.2) is 36.4 Å². The monoisotopic (exact) mass is 384 g/mol. The van der Waals surface area contributed by atoms with E-state index in [0.29, 0.717) is 24.6 Å². The van der Waals surface area contributed by atoms with Crippen LogP contribution in [0.5, 0.6) is 0 Å². The average molecular weight is 385 g/mol. The van der Waals surface area contributed by atoms with Gasteiger partial charge in [0.1, 0.15) is 0 Å². The Balaban J connectivity index is 1.29. The highest BCUT2D eigenvalue weighted by Gasteiger charge is 2.35. The lowest BCUT2D eigenvalue weighted by atomic mass is 9.98. The molecule has 2 fully saturated rings. The molecule has 0 radical (unpaired) electrons. The van der Waals surface area contributed by atoms with Gasteiger partial charge < -0.3 is 19.7 Å². The van der Waals surface area contributed by atoms with Crippen LogP contribution in [0.1, 0.15) is 37.7 Å². The van der Waals surface area contributed by atoms with E-state index in [0.717, 1.165) is 51.8 Å². The summed E-state index contributed by atoms with van der Waals surface area (Å²) in [4.78, 5) is 15.1. The number of nitrogens with zero attached hydrogens (tertiary/aromatic N) is 1. The Morgan fingerprint density at radius 2 is 2.07 bits per heavy atom. The van der Waals surface area contributed by atoms with Gasteiger partial charge >= 0.3 is 0 Å². The number of amides is 1. The molecule has 1 aliphatic carbocycles. The first-order valence-corrected chi connectivity index (χ1v) is 10.6. The predicted molar refractivity (Wildman–Crippen MR) is 110 cm³/mol. The standard InChI is InChI=1S/C23H32N2O3/c1-27-22-16-28-14-11-21(22)24-20-8-7-19(15-20)23(26)25-12-9-18(10-13-25)17-5-3-2-4-6-17/h2-6,9,19-22,24H,7-8,10-16H2,1H3/t19?,20-,21?,22?/m1/s1. The maximum Gasteiger partial charge on any atom is 0.226 e. The summed E-state index contributed by atoms with van der Waals surface area (Å²) in [6, 6.07) is 11.2. The van der Waals surface area contributed by atoms with E-state index in [1.54, 1.807) is 7.11 Å². The molecule has 3 aliphatic rings. The number of hydrogen-bond acceptors (Lipinski definition) is 4. The quantitative estimate of drug-likeness (QED) is 0.848. The van der Waals surface area contributed by atoms with Crippen molar-refractivity contribution in [3.63, 3.8) is 0 Å². The van der Waals surface area contributed by atoms with E-state index in [1.165, 1.54) is 11.1 Å². The van der Waals surface area contributed by atoms with Gasteiger partial charge in [-0.2, -0.15) is 0 Å². The molecule has 1 N–H and O–H groups in total. The Morgan fingerprint density at radius 3 is 2.82 bits per heavy atom. The molecule has 1 aromatic carbocycles. The van der Waals surface area contributed by atoms with Crippen molar-refractivity contribution in [2.45, 2.75) is 50.3 Å². The summed E-state index contributed by atoms with van der Waals surface area (Å²) in [6.07, 6.45) is 7.28. The number of rotatable bonds is 5. The van der Waals surface area contributed by atoms with Gasteiger partial charge in [0, 0.05) is 44.8 Å². The van der Waals surface area contributed by atoms with Crippen LogP contribution >= 0.6 is 0 Å². The van der Waals surface area contributed by atoms with Crippen LogP contribution in [-0.2, 0) is 14.3 Å². The van der Waals surface area contributed by atoms with Crippen LogP contribution in [0.3, 0.4) is 0 Å². The first-order chi connectivity index (χ1) is 13.7. The fourth-order valence-corrected chi connectivity index (χ4v) is 4.84. The van der Waals surface area contributed by atoms with Gasteiger partial charge in [0.25, 0.3) is 0 Å². The maximum absolute atomic E-state index is 13.0. The first kappa shape index (κ1) is 19.6. The fraction of sp³-hybridized carbons (Fsp3) is 0.609. The Hall–Kier alpha value is -1.69. The van der Waals surface area contributed by atoms with Gasteiger partial charge in [-0.1, -0.05) is 36.4 Å². The molecule has 2 aliphatic heterocycles. The number of methoxy groups -OCH3 is 1. The number of hydrogen-bond donors (Lipinski definition) is 1. The molecule has 28 heavy (non-hydrogen) atoms. The highest BCUT2D eigenvalue weighted by Crippen LogP contribution is 2.30. The van der Waals surface area contributed by atoms with Crippen LogP contribution in [0, 0.1) is 5.92 Å². The molecule has 5 heteroatoms. The minimum absolute atomic E-state index is 0.118. The second-order valence-electron chi connectivity index (χ2n) is 8.25. The molecule has 1 aromatic rings. The number of nitrogens with one attached hydrogen (secondary N) is 1. The van der Waals surface area contributed by atoms with Crippen molar-refractivity contribution in [3.05, 3.63) is 42.0 Å². The molecule has 4 rings (SSSR count). The van der Waals surface area contributed by atoms with E-state index < -0.39 is 0 Å². The molecule has 0 aromatic heterocycles. The van der Waals surface area contributed by atoms with Crippen LogP contribution in [-0.4, -0.2) is 62.4 Å². The average Bonchev–Trinajstić information content (AvgIpc) is 3.23. The van der Waals surface area contributed by atoms with Gasteiger partial charge in [-0.25, -0.2) is 0 Å². The third-order valence-corrected chi connectivity index (χ3v) is 6.50. The Morgan fingerprint density at radius 1 is 1.21 bits per heavy atom. The lowest BCUT2D eigenvalue weighted by Crippen LogP contribution is -2.50. The molecule has 1 saturated carbocycles. The maximum atomic E-state index is 13.0. The predicted octanol–water partition coefficient (Wildman–Crippen LogP) is 2.86. The molecular formula is C23H32N2O3. The van der Waals surface area contributed by atoms with E-state index in [2.05, 4.69) is 35.7 Å². The normalized spacial score (nSPS) is 30.9. The van der Waals surface area contributed by atoms with Gasteiger partial charge in [0.15, 0.2) is 0 Å². The Bertz CT molecular complexity index is 690. The molecule has 0 spiro atoms. The zero-order chi connectivity index (χ0) is 19.3. The SMILES string of the molecule is COC1COCCC1N[C@@H]1CCC(C(=O)N2CC=C(c3ccccc3)CC2)C1. The van der Waals surface area contributed by atoms with Crippen LogP contribution < -0.4 is 5.32 Å². The Labute approximate surface area is 168 Å². The van der Waals surface area contributed by atoms with Crippen molar-refractivity contribution in [3.8, 4) is 0 Å². The third-order valence-electron chi connectivity index (χ3n) is 6.50. The van der Waals surface area contributed by atoms with E-state index in [-0.39, 0.29) is 12.0 Å². The lowest BCUT2D eigenvalue weighted by Gasteiger charge is -2.33. The van der Waals surface area contributed by atoms with Crippen LogP contribution in [0.4, 0.5) is 0 Å². The van der Waals surface area contributed by atoms with E-state index in [1.807, 2.05) is 11.0 Å². The van der Waals surface area contributed by atoms with Crippen molar-refractivity contribution < 1.29 is 14.3 Å². The summed E-state index contributed by atoms with van der Waals surface area (Å²) in [5, 5.41) is 3.75. The summed E-state index contributed by atoms with van der Waals surface area (Å²) in [7, 11) is 1.75. The minimum atomic E-state index is 0.118. The second-order valence-corrected chi connectivity index (χ2v) is 8.25. The van der Waals surface area contributed by atoms with Gasteiger partial charge in [-0.15, -0.1) is 0 Å². The van der Waals surface area contributed by atoms with E-state index in [9.17, 15) is 4.79 Å². The highest BCUT2D eigenvalue weighted by atomic mass is 16.5. The molecular weight excluding hydrogens is 352 g/mol. The third kappa shape index (κ3) is 4.48.